The summed E-state index contributed by atoms with van der Waals surface area (Å²) in [7, 11) is -3.82. The van der Waals surface area contributed by atoms with Crippen LogP contribution in [-0.2, 0) is 14.8 Å². The zero-order chi connectivity index (χ0) is 15.8. The molecular weight excluding hydrogens is 300 g/mol. The Morgan fingerprint density at radius 2 is 1.68 bits per heavy atom. The molecule has 0 bridgehead atoms. The summed E-state index contributed by atoms with van der Waals surface area (Å²) in [4.78, 5) is 12.0. The minimum absolute atomic E-state index is 0.179. The van der Waals surface area contributed by atoms with Crippen LogP contribution >= 0.6 is 0 Å². The number of hydrogen-bond acceptors (Lipinski definition) is 3. The number of nitrogens with two attached hydrogens (primary N) is 1. The van der Waals surface area contributed by atoms with Crippen molar-refractivity contribution in [1.82, 2.24) is 4.72 Å². The fourth-order valence-corrected chi connectivity index (χ4v) is 4.78. The van der Waals surface area contributed by atoms with Gasteiger partial charge in [-0.05, 0) is 24.3 Å². The maximum Gasteiger partial charge on any atom is 0.242 e. The van der Waals surface area contributed by atoms with Crippen LogP contribution in [0, 0.1) is 0 Å². The van der Waals surface area contributed by atoms with E-state index in [-0.39, 0.29) is 4.90 Å². The van der Waals surface area contributed by atoms with Gasteiger partial charge in [-0.15, -0.1) is 0 Å². The van der Waals surface area contributed by atoms with Crippen LogP contribution in [0.4, 0.5) is 0 Å². The quantitative estimate of drug-likeness (QED) is 0.902. The van der Waals surface area contributed by atoms with E-state index in [0.717, 1.165) is 18.2 Å². The highest BCUT2D eigenvalue weighted by Crippen LogP contribution is 2.32. The predicted octanol–water partition coefficient (Wildman–Crippen LogP) is 1.92. The summed E-state index contributed by atoms with van der Waals surface area (Å²) in [5.74, 6) is -0.603. The summed E-state index contributed by atoms with van der Waals surface area (Å²) in [6.45, 7) is 0. The zero-order valence-electron chi connectivity index (χ0n) is 12.1. The molecule has 22 heavy (non-hydrogen) atoms. The van der Waals surface area contributed by atoms with E-state index < -0.39 is 21.5 Å². The number of amides is 1. The van der Waals surface area contributed by atoms with E-state index in [1.807, 2.05) is 18.2 Å². The van der Waals surface area contributed by atoms with Crippen LogP contribution in [-0.4, -0.2) is 19.9 Å². The molecule has 0 heterocycles. The lowest BCUT2D eigenvalue weighted by atomic mass is 9.99. The monoisotopic (exact) mass is 318 g/mol. The Balaban J connectivity index is 2.07. The van der Waals surface area contributed by atoms with Crippen molar-refractivity contribution < 1.29 is 13.2 Å². The van der Waals surface area contributed by atoms with Crippen LogP contribution in [0.1, 0.15) is 25.7 Å². The Hall–Kier alpha value is -1.92. The molecule has 0 radical (unpaired) electrons. The van der Waals surface area contributed by atoms with Crippen molar-refractivity contribution in [2.45, 2.75) is 36.1 Å². The third kappa shape index (κ3) is 2.48. The van der Waals surface area contributed by atoms with Crippen molar-refractivity contribution in [3.05, 3.63) is 42.5 Å². The Morgan fingerprint density at radius 3 is 2.36 bits per heavy atom. The molecule has 1 aliphatic rings. The lowest BCUT2D eigenvalue weighted by Crippen LogP contribution is -2.55. The van der Waals surface area contributed by atoms with E-state index in [0.29, 0.717) is 18.2 Å². The van der Waals surface area contributed by atoms with Crippen molar-refractivity contribution in [2.24, 2.45) is 5.73 Å². The summed E-state index contributed by atoms with van der Waals surface area (Å²) >= 11 is 0. The largest absolute Gasteiger partial charge is 0.368 e. The molecule has 0 saturated heterocycles. The highest BCUT2D eigenvalue weighted by atomic mass is 32.2. The molecule has 0 spiro atoms. The average molecular weight is 318 g/mol. The van der Waals surface area contributed by atoms with Gasteiger partial charge in [0.15, 0.2) is 0 Å². The van der Waals surface area contributed by atoms with E-state index in [1.165, 1.54) is 0 Å². The number of carbonyl (C=O) groups is 1. The molecule has 116 valence electrons. The number of benzene rings is 2. The molecule has 0 aromatic heterocycles. The van der Waals surface area contributed by atoms with Crippen molar-refractivity contribution >= 4 is 26.7 Å². The van der Waals surface area contributed by atoms with Gasteiger partial charge in [-0.2, -0.15) is 4.72 Å². The lowest BCUT2D eigenvalue weighted by Gasteiger charge is -2.26. The third-order valence-corrected chi connectivity index (χ3v) is 5.89. The second-order valence-electron chi connectivity index (χ2n) is 5.74. The minimum Gasteiger partial charge on any atom is -0.368 e. The molecule has 3 rings (SSSR count). The molecule has 3 N–H and O–H groups in total. The van der Waals surface area contributed by atoms with Crippen molar-refractivity contribution in [2.75, 3.05) is 0 Å². The van der Waals surface area contributed by atoms with Crippen LogP contribution in [0.25, 0.3) is 10.8 Å². The Bertz CT molecular complexity index is 819. The van der Waals surface area contributed by atoms with E-state index >= 15 is 0 Å². The number of hydrogen-bond donors (Lipinski definition) is 2. The van der Waals surface area contributed by atoms with Gasteiger partial charge in [0.25, 0.3) is 0 Å². The van der Waals surface area contributed by atoms with Gasteiger partial charge in [-0.1, -0.05) is 49.2 Å². The standard InChI is InChI=1S/C16H18N2O3S/c17-15(19)16(10-3-4-11-16)18-22(20,21)14-9-5-7-12-6-1-2-8-13(12)14/h1-2,5-9,18H,3-4,10-11H2,(H2,17,19). The first-order valence-electron chi connectivity index (χ1n) is 7.26. The molecular formula is C16H18N2O3S. The third-order valence-electron chi connectivity index (χ3n) is 4.30. The summed E-state index contributed by atoms with van der Waals surface area (Å²) in [5, 5.41) is 1.47. The molecule has 0 atom stereocenters. The average Bonchev–Trinajstić information content (AvgIpc) is 2.96. The SMILES string of the molecule is NC(=O)C1(NS(=O)(=O)c2cccc3ccccc23)CCCC1. The van der Waals surface area contributed by atoms with E-state index in [2.05, 4.69) is 4.72 Å². The van der Waals surface area contributed by atoms with Crippen LogP contribution in [0.2, 0.25) is 0 Å². The second-order valence-corrected chi connectivity index (χ2v) is 7.39. The second kappa shape index (κ2) is 5.37. The molecule has 6 heteroatoms. The Labute approximate surface area is 129 Å². The molecule has 2 aromatic rings. The maximum absolute atomic E-state index is 12.8. The molecule has 1 saturated carbocycles. The van der Waals surface area contributed by atoms with Gasteiger partial charge in [0, 0.05) is 5.39 Å². The zero-order valence-corrected chi connectivity index (χ0v) is 12.9. The van der Waals surface area contributed by atoms with Gasteiger partial charge < -0.3 is 5.73 Å². The number of primary amides is 1. The number of fused-ring (bicyclic) bond motifs is 1. The van der Waals surface area contributed by atoms with Gasteiger partial charge in [0.1, 0.15) is 5.54 Å². The fourth-order valence-electron chi connectivity index (χ4n) is 3.12. The van der Waals surface area contributed by atoms with Crippen LogP contribution < -0.4 is 10.5 Å². The number of rotatable bonds is 4. The number of nitrogens with one attached hydrogen (secondary N) is 1. The highest BCUT2D eigenvalue weighted by Gasteiger charge is 2.43. The summed E-state index contributed by atoms with van der Waals surface area (Å²) < 4.78 is 28.2. The predicted molar refractivity (Wildman–Crippen MR) is 84.7 cm³/mol. The minimum atomic E-state index is -3.82. The summed E-state index contributed by atoms with van der Waals surface area (Å²) in [6.07, 6.45) is 2.49. The van der Waals surface area contributed by atoms with E-state index in [9.17, 15) is 13.2 Å². The molecule has 1 aliphatic carbocycles. The van der Waals surface area contributed by atoms with Gasteiger partial charge in [-0.3, -0.25) is 4.79 Å². The van der Waals surface area contributed by atoms with Crippen molar-refractivity contribution in [3.63, 3.8) is 0 Å². The lowest BCUT2D eigenvalue weighted by molar-refractivity contribution is -0.123. The smallest absolute Gasteiger partial charge is 0.242 e. The number of carbonyl (C=O) groups excluding carboxylic acids is 1. The Morgan fingerprint density at radius 1 is 1.05 bits per heavy atom. The molecule has 0 unspecified atom stereocenters. The van der Waals surface area contributed by atoms with Crippen molar-refractivity contribution in [3.8, 4) is 0 Å². The van der Waals surface area contributed by atoms with Gasteiger partial charge in [0.2, 0.25) is 15.9 Å². The highest BCUT2D eigenvalue weighted by molar-refractivity contribution is 7.89. The molecule has 5 nitrogen and oxygen atoms in total. The Kier molecular flexibility index (Phi) is 3.66. The first-order valence-corrected chi connectivity index (χ1v) is 8.75. The number of sulfonamides is 1. The topological polar surface area (TPSA) is 89.3 Å². The first kappa shape index (κ1) is 15.0. The van der Waals surface area contributed by atoms with E-state index in [4.69, 9.17) is 5.73 Å². The molecule has 1 amide bonds. The normalized spacial score (nSPS) is 17.6. The van der Waals surface area contributed by atoms with Gasteiger partial charge >= 0.3 is 0 Å². The maximum atomic E-state index is 12.8. The van der Waals surface area contributed by atoms with Gasteiger partial charge in [0.05, 0.1) is 4.90 Å². The molecule has 1 fully saturated rings. The first-order chi connectivity index (χ1) is 10.4. The van der Waals surface area contributed by atoms with Gasteiger partial charge in [-0.25, -0.2) is 8.42 Å². The fraction of sp³-hybridized carbons (Fsp3) is 0.312. The van der Waals surface area contributed by atoms with E-state index in [1.54, 1.807) is 24.3 Å². The summed E-state index contributed by atoms with van der Waals surface area (Å²) in [6, 6.07) is 12.4. The van der Waals surface area contributed by atoms with Crippen molar-refractivity contribution in [1.29, 1.82) is 0 Å². The molecule has 0 aliphatic heterocycles. The summed E-state index contributed by atoms with van der Waals surface area (Å²) in [5.41, 5.74) is 4.31. The van der Waals surface area contributed by atoms with Crippen LogP contribution in [0.3, 0.4) is 0 Å². The van der Waals surface area contributed by atoms with Crippen LogP contribution in [0.5, 0.6) is 0 Å². The van der Waals surface area contributed by atoms with Crippen LogP contribution in [0.15, 0.2) is 47.4 Å². The molecule has 2 aromatic carbocycles.